The molecule has 0 aromatic rings. The third kappa shape index (κ3) is 1.30. The maximum Gasteiger partial charge on any atom is 0.183 e. The Bertz CT molecular complexity index is 177. The monoisotopic (exact) mass is 157 g/mol. The zero-order valence-electron chi connectivity index (χ0n) is 7.29. The normalized spacial score (nSPS) is 31.3. The summed E-state index contributed by atoms with van der Waals surface area (Å²) < 4.78 is 0. The molecule has 0 radical (unpaired) electrons. The molecule has 11 heavy (non-hydrogen) atoms. The van der Waals surface area contributed by atoms with Crippen LogP contribution in [0.15, 0.2) is 0 Å². The van der Waals surface area contributed by atoms with Gasteiger partial charge in [-0.15, -0.1) is 0 Å². The number of ketones is 1. The molecular weight excluding hydrogens is 142 g/mol. The minimum absolute atomic E-state index is 0.0562. The highest BCUT2D eigenvalue weighted by Gasteiger charge is 2.44. The number of likely N-dealkylation sites (N-methyl/N-ethyl adjacent to an activating group) is 1. The van der Waals surface area contributed by atoms with Crippen LogP contribution < -0.4 is 0 Å². The van der Waals surface area contributed by atoms with E-state index >= 15 is 0 Å². The highest BCUT2D eigenvalue weighted by Crippen LogP contribution is 2.28. The molecule has 0 aromatic carbocycles. The van der Waals surface area contributed by atoms with E-state index in [1.807, 2.05) is 20.8 Å². The van der Waals surface area contributed by atoms with E-state index in [0.717, 1.165) is 6.54 Å². The molecule has 0 aliphatic carbocycles. The lowest BCUT2D eigenvalue weighted by atomic mass is 9.91. The quantitative estimate of drug-likeness (QED) is 0.592. The predicted octanol–water partition coefficient (Wildman–Crippen LogP) is 0.236. The number of aliphatic hydroxyl groups is 1. The Morgan fingerprint density at radius 3 is 2.45 bits per heavy atom. The molecule has 1 saturated heterocycles. The molecule has 64 valence electrons. The Morgan fingerprint density at radius 1 is 1.73 bits per heavy atom. The number of hydrogen-bond acceptors (Lipinski definition) is 3. The van der Waals surface area contributed by atoms with E-state index < -0.39 is 6.23 Å². The fourth-order valence-electron chi connectivity index (χ4n) is 1.47. The number of carbonyl (C=O) groups excluding carboxylic acids is 1. The van der Waals surface area contributed by atoms with Gasteiger partial charge in [0.1, 0.15) is 0 Å². The molecule has 0 amide bonds. The van der Waals surface area contributed by atoms with Crippen LogP contribution in [0.1, 0.15) is 20.8 Å². The standard InChI is InChI=1S/C8H15NO2/c1-4-9-5-8(2,3)6(10)7(9)11/h7,11H,4-5H2,1-3H3. The van der Waals surface area contributed by atoms with Gasteiger partial charge in [0, 0.05) is 12.0 Å². The fourth-order valence-corrected chi connectivity index (χ4v) is 1.47. The molecule has 1 aliphatic heterocycles. The molecule has 1 rings (SSSR count). The van der Waals surface area contributed by atoms with Crippen molar-refractivity contribution in [3.8, 4) is 0 Å². The lowest BCUT2D eigenvalue weighted by molar-refractivity contribution is -0.134. The first-order chi connectivity index (χ1) is 4.99. The van der Waals surface area contributed by atoms with Gasteiger partial charge in [-0.25, -0.2) is 0 Å². The van der Waals surface area contributed by atoms with Crippen LogP contribution in [0.4, 0.5) is 0 Å². The van der Waals surface area contributed by atoms with Crippen LogP contribution in [0.2, 0.25) is 0 Å². The number of rotatable bonds is 1. The van der Waals surface area contributed by atoms with Gasteiger partial charge in [0.25, 0.3) is 0 Å². The third-order valence-electron chi connectivity index (χ3n) is 2.25. The van der Waals surface area contributed by atoms with E-state index in [-0.39, 0.29) is 11.2 Å². The van der Waals surface area contributed by atoms with Gasteiger partial charge >= 0.3 is 0 Å². The van der Waals surface area contributed by atoms with Gasteiger partial charge in [-0.2, -0.15) is 0 Å². The average Bonchev–Trinajstić information content (AvgIpc) is 2.13. The number of hydrogen-bond donors (Lipinski definition) is 1. The molecule has 1 aliphatic rings. The zero-order valence-corrected chi connectivity index (χ0v) is 7.29. The lowest BCUT2D eigenvalue weighted by Crippen LogP contribution is -2.32. The van der Waals surface area contributed by atoms with Gasteiger partial charge in [-0.05, 0) is 6.54 Å². The fraction of sp³-hybridized carbons (Fsp3) is 0.875. The first-order valence-electron chi connectivity index (χ1n) is 3.95. The van der Waals surface area contributed by atoms with E-state index in [1.165, 1.54) is 0 Å². The molecule has 0 aromatic heterocycles. The molecule has 0 spiro atoms. The summed E-state index contributed by atoms with van der Waals surface area (Å²) in [4.78, 5) is 13.1. The smallest absolute Gasteiger partial charge is 0.183 e. The van der Waals surface area contributed by atoms with Gasteiger partial charge in [-0.1, -0.05) is 20.8 Å². The molecule has 3 heteroatoms. The summed E-state index contributed by atoms with van der Waals surface area (Å²) in [7, 11) is 0. The third-order valence-corrected chi connectivity index (χ3v) is 2.25. The molecule has 3 nitrogen and oxygen atoms in total. The molecule has 1 fully saturated rings. The van der Waals surface area contributed by atoms with Crippen molar-refractivity contribution >= 4 is 5.78 Å². The molecule has 1 unspecified atom stereocenters. The van der Waals surface area contributed by atoms with Crippen molar-refractivity contribution in [2.24, 2.45) is 5.41 Å². The van der Waals surface area contributed by atoms with Gasteiger partial charge in [0.05, 0.1) is 0 Å². The van der Waals surface area contributed by atoms with E-state index in [0.29, 0.717) is 6.54 Å². The highest BCUT2D eigenvalue weighted by atomic mass is 16.3. The van der Waals surface area contributed by atoms with E-state index in [9.17, 15) is 9.90 Å². The number of Topliss-reactive ketones (excluding diaryl/α,β-unsaturated/α-hetero) is 1. The minimum Gasteiger partial charge on any atom is -0.371 e. The SMILES string of the molecule is CCN1CC(C)(C)C(=O)C1O. The molecule has 0 bridgehead atoms. The highest BCUT2D eigenvalue weighted by molar-refractivity contribution is 5.89. The van der Waals surface area contributed by atoms with E-state index in [1.54, 1.807) is 4.90 Å². The Labute approximate surface area is 67.0 Å². The first kappa shape index (κ1) is 8.68. The van der Waals surface area contributed by atoms with Crippen LogP contribution in [0.5, 0.6) is 0 Å². The van der Waals surface area contributed by atoms with Gasteiger partial charge in [0.2, 0.25) is 0 Å². The molecule has 1 heterocycles. The Balaban J connectivity index is 2.77. The number of aliphatic hydroxyl groups excluding tert-OH is 1. The lowest BCUT2D eigenvalue weighted by Gasteiger charge is -2.16. The molecular formula is C8H15NO2. The predicted molar refractivity (Wildman–Crippen MR) is 42.0 cm³/mol. The summed E-state index contributed by atoms with van der Waals surface area (Å²) in [5.41, 5.74) is -0.366. The van der Waals surface area contributed by atoms with Crippen molar-refractivity contribution in [1.29, 1.82) is 0 Å². The second-order valence-electron chi connectivity index (χ2n) is 3.68. The summed E-state index contributed by atoms with van der Waals surface area (Å²) in [5, 5.41) is 9.37. The number of nitrogens with zero attached hydrogens (tertiary/aromatic N) is 1. The summed E-state index contributed by atoms with van der Waals surface area (Å²) in [5.74, 6) is -0.0562. The minimum atomic E-state index is -0.866. The van der Waals surface area contributed by atoms with Gasteiger partial charge < -0.3 is 5.11 Å². The Morgan fingerprint density at radius 2 is 2.27 bits per heavy atom. The van der Waals surface area contributed by atoms with Gasteiger partial charge in [0.15, 0.2) is 12.0 Å². The first-order valence-corrected chi connectivity index (χ1v) is 3.95. The summed E-state index contributed by atoms with van der Waals surface area (Å²) in [6.07, 6.45) is -0.866. The van der Waals surface area contributed by atoms with Crippen LogP contribution in [-0.4, -0.2) is 35.1 Å². The number of likely N-dealkylation sites (tertiary alicyclic amines) is 1. The Hall–Kier alpha value is -0.410. The average molecular weight is 157 g/mol. The van der Waals surface area contributed by atoms with Crippen LogP contribution in [0.25, 0.3) is 0 Å². The second kappa shape index (κ2) is 2.57. The maximum atomic E-state index is 11.3. The summed E-state index contributed by atoms with van der Waals surface area (Å²) >= 11 is 0. The van der Waals surface area contributed by atoms with Crippen molar-refractivity contribution in [2.75, 3.05) is 13.1 Å². The van der Waals surface area contributed by atoms with Crippen molar-refractivity contribution in [1.82, 2.24) is 4.90 Å². The van der Waals surface area contributed by atoms with Gasteiger partial charge in [-0.3, -0.25) is 9.69 Å². The van der Waals surface area contributed by atoms with Crippen LogP contribution in [-0.2, 0) is 4.79 Å². The van der Waals surface area contributed by atoms with Crippen molar-refractivity contribution in [2.45, 2.75) is 27.0 Å². The maximum absolute atomic E-state index is 11.3. The zero-order chi connectivity index (χ0) is 8.65. The molecule has 1 N–H and O–H groups in total. The molecule has 0 saturated carbocycles. The molecule has 1 atom stereocenters. The van der Waals surface area contributed by atoms with Crippen LogP contribution in [0, 0.1) is 5.41 Å². The van der Waals surface area contributed by atoms with Crippen molar-refractivity contribution in [3.63, 3.8) is 0 Å². The van der Waals surface area contributed by atoms with Crippen LogP contribution >= 0.6 is 0 Å². The van der Waals surface area contributed by atoms with Crippen molar-refractivity contribution < 1.29 is 9.90 Å². The Kier molecular flexibility index (Phi) is 2.03. The largest absolute Gasteiger partial charge is 0.371 e. The summed E-state index contributed by atoms with van der Waals surface area (Å²) in [6.45, 7) is 7.08. The van der Waals surface area contributed by atoms with Crippen molar-refractivity contribution in [3.05, 3.63) is 0 Å². The summed E-state index contributed by atoms with van der Waals surface area (Å²) in [6, 6.07) is 0. The van der Waals surface area contributed by atoms with E-state index in [2.05, 4.69) is 0 Å². The second-order valence-corrected chi connectivity index (χ2v) is 3.68. The van der Waals surface area contributed by atoms with E-state index in [4.69, 9.17) is 0 Å². The number of carbonyl (C=O) groups is 1. The topological polar surface area (TPSA) is 40.5 Å². The van der Waals surface area contributed by atoms with Crippen LogP contribution in [0.3, 0.4) is 0 Å².